The van der Waals surface area contributed by atoms with E-state index in [1.807, 2.05) is 0 Å². The summed E-state index contributed by atoms with van der Waals surface area (Å²) in [6.07, 6.45) is 4.11. The molecule has 0 heterocycles. The summed E-state index contributed by atoms with van der Waals surface area (Å²) in [7, 11) is 0. The average molecular weight is 184 g/mol. The molecule has 13 heavy (non-hydrogen) atoms. The first-order valence-electron chi connectivity index (χ1n) is 5.64. The Hall–Kier alpha value is -0.0800. The van der Waals surface area contributed by atoms with Crippen molar-refractivity contribution in [2.75, 3.05) is 6.54 Å². The molecule has 1 rings (SSSR count). The van der Waals surface area contributed by atoms with Crippen LogP contribution in [0.5, 0.6) is 0 Å². The van der Waals surface area contributed by atoms with Gasteiger partial charge < -0.3 is 11.1 Å². The van der Waals surface area contributed by atoms with Crippen LogP contribution >= 0.6 is 0 Å². The van der Waals surface area contributed by atoms with E-state index in [9.17, 15) is 0 Å². The first-order chi connectivity index (χ1) is 6.15. The van der Waals surface area contributed by atoms with Crippen molar-refractivity contribution in [2.24, 2.45) is 17.6 Å². The third-order valence-corrected chi connectivity index (χ3v) is 3.18. The van der Waals surface area contributed by atoms with Crippen LogP contribution in [0.15, 0.2) is 0 Å². The van der Waals surface area contributed by atoms with Gasteiger partial charge in [-0.15, -0.1) is 0 Å². The Labute approximate surface area is 82.3 Å². The van der Waals surface area contributed by atoms with Gasteiger partial charge in [-0.05, 0) is 38.1 Å². The van der Waals surface area contributed by atoms with Gasteiger partial charge in [0.05, 0.1) is 0 Å². The summed E-state index contributed by atoms with van der Waals surface area (Å²) < 4.78 is 0. The molecule has 2 heteroatoms. The molecule has 0 aromatic heterocycles. The third kappa shape index (κ3) is 3.65. The Morgan fingerprint density at radius 2 is 2.15 bits per heavy atom. The van der Waals surface area contributed by atoms with Gasteiger partial charge in [-0.25, -0.2) is 0 Å². The highest BCUT2D eigenvalue weighted by Crippen LogP contribution is 2.34. The highest BCUT2D eigenvalue weighted by atomic mass is 15.0. The van der Waals surface area contributed by atoms with Gasteiger partial charge in [0.25, 0.3) is 0 Å². The standard InChI is InChI=1S/C11H24N2/c1-4-5-10-6-11(10)13-7-8(2)9(3)12/h8-11,13H,4-7,12H2,1-3H3. The van der Waals surface area contributed by atoms with E-state index in [2.05, 4.69) is 26.1 Å². The predicted octanol–water partition coefficient (Wildman–Crippen LogP) is 1.75. The second-order valence-electron chi connectivity index (χ2n) is 4.64. The Balaban J connectivity index is 2.02. The van der Waals surface area contributed by atoms with E-state index in [-0.39, 0.29) is 0 Å². The van der Waals surface area contributed by atoms with Crippen molar-refractivity contribution in [3.63, 3.8) is 0 Å². The molecule has 0 bridgehead atoms. The van der Waals surface area contributed by atoms with Gasteiger partial charge >= 0.3 is 0 Å². The number of hydrogen-bond donors (Lipinski definition) is 2. The van der Waals surface area contributed by atoms with Crippen LogP contribution < -0.4 is 11.1 Å². The molecule has 0 amide bonds. The molecular weight excluding hydrogens is 160 g/mol. The molecule has 0 spiro atoms. The van der Waals surface area contributed by atoms with Crippen molar-refractivity contribution < 1.29 is 0 Å². The van der Waals surface area contributed by atoms with Gasteiger partial charge in [0.2, 0.25) is 0 Å². The summed E-state index contributed by atoms with van der Waals surface area (Å²) >= 11 is 0. The van der Waals surface area contributed by atoms with Gasteiger partial charge in [0, 0.05) is 12.1 Å². The van der Waals surface area contributed by atoms with Crippen LogP contribution in [0.1, 0.15) is 40.0 Å². The molecule has 1 saturated carbocycles. The molecule has 4 atom stereocenters. The minimum absolute atomic E-state index is 0.316. The summed E-state index contributed by atoms with van der Waals surface area (Å²) in [5, 5.41) is 3.59. The third-order valence-electron chi connectivity index (χ3n) is 3.18. The van der Waals surface area contributed by atoms with Crippen molar-refractivity contribution in [1.82, 2.24) is 5.32 Å². The maximum Gasteiger partial charge on any atom is 0.00992 e. The molecule has 0 saturated heterocycles. The molecule has 0 radical (unpaired) electrons. The summed E-state index contributed by atoms with van der Waals surface area (Å²) in [6.45, 7) is 7.65. The zero-order valence-electron chi connectivity index (χ0n) is 9.22. The lowest BCUT2D eigenvalue weighted by Gasteiger charge is -2.16. The SMILES string of the molecule is CCCC1CC1NCC(C)C(C)N. The second kappa shape index (κ2) is 4.97. The summed E-state index contributed by atoms with van der Waals surface area (Å²) in [6, 6.07) is 1.12. The number of hydrogen-bond acceptors (Lipinski definition) is 2. The van der Waals surface area contributed by atoms with Crippen LogP contribution in [-0.4, -0.2) is 18.6 Å². The van der Waals surface area contributed by atoms with Crippen molar-refractivity contribution in [3.05, 3.63) is 0 Å². The molecule has 2 nitrogen and oxygen atoms in total. The number of rotatable bonds is 6. The number of nitrogens with two attached hydrogens (primary N) is 1. The van der Waals surface area contributed by atoms with Gasteiger partial charge in [-0.3, -0.25) is 0 Å². The lowest BCUT2D eigenvalue weighted by molar-refractivity contribution is 0.436. The van der Waals surface area contributed by atoms with E-state index in [1.54, 1.807) is 0 Å². The fourth-order valence-electron chi connectivity index (χ4n) is 1.71. The molecule has 4 unspecified atom stereocenters. The fourth-order valence-corrected chi connectivity index (χ4v) is 1.71. The van der Waals surface area contributed by atoms with E-state index in [1.165, 1.54) is 19.3 Å². The number of nitrogens with one attached hydrogen (secondary N) is 1. The van der Waals surface area contributed by atoms with Crippen molar-refractivity contribution in [2.45, 2.75) is 52.1 Å². The monoisotopic (exact) mass is 184 g/mol. The largest absolute Gasteiger partial charge is 0.328 e. The summed E-state index contributed by atoms with van der Waals surface area (Å²) in [5.41, 5.74) is 5.80. The minimum Gasteiger partial charge on any atom is -0.328 e. The predicted molar refractivity (Wildman–Crippen MR) is 57.6 cm³/mol. The van der Waals surface area contributed by atoms with E-state index >= 15 is 0 Å². The lowest BCUT2D eigenvalue weighted by atomic mass is 10.1. The quantitative estimate of drug-likeness (QED) is 0.660. The zero-order valence-corrected chi connectivity index (χ0v) is 9.22. The molecule has 0 aromatic carbocycles. The topological polar surface area (TPSA) is 38.0 Å². The Bertz CT molecular complexity index is 145. The molecule has 1 aliphatic carbocycles. The molecule has 1 aliphatic rings. The molecule has 78 valence electrons. The van der Waals surface area contributed by atoms with Crippen LogP contribution in [0, 0.1) is 11.8 Å². The minimum atomic E-state index is 0.316. The molecular formula is C11H24N2. The Morgan fingerprint density at radius 1 is 1.46 bits per heavy atom. The Morgan fingerprint density at radius 3 is 2.69 bits per heavy atom. The normalized spacial score (nSPS) is 31.4. The maximum absolute atomic E-state index is 5.80. The maximum atomic E-state index is 5.80. The van der Waals surface area contributed by atoms with Gasteiger partial charge in [0.1, 0.15) is 0 Å². The van der Waals surface area contributed by atoms with Crippen molar-refractivity contribution >= 4 is 0 Å². The van der Waals surface area contributed by atoms with Gasteiger partial charge in [0.15, 0.2) is 0 Å². The Kier molecular flexibility index (Phi) is 4.20. The highest BCUT2D eigenvalue weighted by molar-refractivity contribution is 4.92. The highest BCUT2D eigenvalue weighted by Gasteiger charge is 2.35. The van der Waals surface area contributed by atoms with E-state index in [4.69, 9.17) is 5.73 Å². The van der Waals surface area contributed by atoms with Crippen molar-refractivity contribution in [1.29, 1.82) is 0 Å². The van der Waals surface area contributed by atoms with Crippen LogP contribution in [0.25, 0.3) is 0 Å². The second-order valence-corrected chi connectivity index (χ2v) is 4.64. The fraction of sp³-hybridized carbons (Fsp3) is 1.00. The lowest BCUT2D eigenvalue weighted by Crippen LogP contribution is -2.34. The smallest absolute Gasteiger partial charge is 0.00992 e. The van der Waals surface area contributed by atoms with Crippen LogP contribution in [-0.2, 0) is 0 Å². The van der Waals surface area contributed by atoms with Gasteiger partial charge in [-0.1, -0.05) is 20.3 Å². The molecule has 1 fully saturated rings. The van der Waals surface area contributed by atoms with Crippen LogP contribution in [0.2, 0.25) is 0 Å². The van der Waals surface area contributed by atoms with E-state index in [0.717, 1.165) is 18.5 Å². The van der Waals surface area contributed by atoms with Crippen LogP contribution in [0.3, 0.4) is 0 Å². The first kappa shape index (κ1) is 11.0. The van der Waals surface area contributed by atoms with Crippen molar-refractivity contribution in [3.8, 4) is 0 Å². The summed E-state index contributed by atoms with van der Waals surface area (Å²) in [4.78, 5) is 0. The molecule has 0 aliphatic heterocycles. The van der Waals surface area contributed by atoms with E-state index < -0.39 is 0 Å². The average Bonchev–Trinajstić information content (AvgIpc) is 2.80. The molecule has 0 aromatic rings. The zero-order chi connectivity index (χ0) is 9.84. The van der Waals surface area contributed by atoms with E-state index in [0.29, 0.717) is 12.0 Å². The van der Waals surface area contributed by atoms with Crippen LogP contribution in [0.4, 0.5) is 0 Å². The van der Waals surface area contributed by atoms with Gasteiger partial charge in [-0.2, -0.15) is 0 Å². The summed E-state index contributed by atoms with van der Waals surface area (Å²) in [5.74, 6) is 1.56. The first-order valence-corrected chi connectivity index (χ1v) is 5.64. The molecule has 3 N–H and O–H groups in total.